The minimum atomic E-state index is -1.56. The normalized spacial score (nSPS) is 45.3. The molecule has 0 aromatic rings. The molecule has 0 aromatic heterocycles. The summed E-state index contributed by atoms with van der Waals surface area (Å²) in [5, 5.41) is 34.7. The fraction of sp³-hybridized carbons (Fsp3) is 0.795. The standard InChI is InChI=1S/C44H68O11/c1-25-13-12-14-28(4)44(48)24-37(50-8)27(3)19-34(44)42(47)52-33-20-32(18-17-26(2)40(25)53-38-21-36(49-7)39(46)30(6)51-38)54-43(22-33)23-35(45)29(5)41(55-43)31-15-10-9-11-16-31/h12-14,17,19,25,29-41,45-46,48H,9-11,15-16,18,20-24H2,1-8H3/t25-,29-,30-,32+,33-,34+,35-,36-,37-,38-,39-,40-,41-,43-,44+/m0/s1. The average molecular weight is 773 g/mol. The summed E-state index contributed by atoms with van der Waals surface area (Å²) in [5.74, 6) is -2.42. The van der Waals surface area contributed by atoms with Gasteiger partial charge in [0.15, 0.2) is 12.1 Å². The Morgan fingerprint density at radius 1 is 0.891 bits per heavy atom. The molecule has 1 saturated carbocycles. The summed E-state index contributed by atoms with van der Waals surface area (Å²) in [6, 6.07) is 0. The number of hydrogen-bond donors (Lipinski definition) is 3. The highest BCUT2D eigenvalue weighted by molar-refractivity contribution is 5.78. The van der Waals surface area contributed by atoms with Gasteiger partial charge in [-0.1, -0.05) is 63.5 Å². The zero-order chi connectivity index (χ0) is 39.7. The van der Waals surface area contributed by atoms with Crippen LogP contribution >= 0.6 is 0 Å². The number of aliphatic hydroxyl groups excluding tert-OH is 2. The first kappa shape index (κ1) is 42.7. The lowest BCUT2D eigenvalue weighted by Gasteiger charge is -2.53. The third kappa shape index (κ3) is 9.36. The van der Waals surface area contributed by atoms with E-state index in [0.717, 1.165) is 36.8 Å². The molecule has 2 aliphatic carbocycles. The molecule has 2 bridgehead atoms. The van der Waals surface area contributed by atoms with Gasteiger partial charge in [-0.15, -0.1) is 0 Å². The molecule has 11 nitrogen and oxygen atoms in total. The number of hydrogen-bond acceptors (Lipinski definition) is 11. The summed E-state index contributed by atoms with van der Waals surface area (Å²) < 4.78 is 44.6. The molecule has 15 atom stereocenters. The van der Waals surface area contributed by atoms with Gasteiger partial charge < -0.3 is 48.5 Å². The van der Waals surface area contributed by atoms with Crippen molar-refractivity contribution in [3.05, 3.63) is 47.1 Å². The van der Waals surface area contributed by atoms with Crippen LogP contribution in [0.3, 0.4) is 0 Å². The predicted octanol–water partition coefficient (Wildman–Crippen LogP) is 6.24. The van der Waals surface area contributed by atoms with Gasteiger partial charge in [0, 0.05) is 58.2 Å². The molecule has 0 aromatic carbocycles. The average Bonchev–Trinajstić information content (AvgIpc) is 3.16. The third-order valence-electron chi connectivity index (χ3n) is 13.7. The van der Waals surface area contributed by atoms with Crippen molar-refractivity contribution in [3.63, 3.8) is 0 Å². The summed E-state index contributed by atoms with van der Waals surface area (Å²) in [6.07, 6.45) is 12.7. The molecule has 6 aliphatic rings. The van der Waals surface area contributed by atoms with E-state index < -0.39 is 66.2 Å². The van der Waals surface area contributed by atoms with Crippen molar-refractivity contribution in [1.82, 2.24) is 0 Å². The fourth-order valence-electron chi connectivity index (χ4n) is 10.1. The van der Waals surface area contributed by atoms with Crippen LogP contribution in [0.2, 0.25) is 0 Å². The molecule has 3 N–H and O–H groups in total. The molecule has 3 saturated heterocycles. The molecular weight excluding hydrogens is 704 g/mol. The van der Waals surface area contributed by atoms with Crippen LogP contribution in [0.4, 0.5) is 0 Å². The topological polar surface area (TPSA) is 142 Å². The Bertz CT molecular complexity index is 1450. The lowest BCUT2D eigenvalue weighted by Crippen LogP contribution is -2.59. The van der Waals surface area contributed by atoms with Crippen molar-refractivity contribution in [2.45, 2.75) is 185 Å². The number of aliphatic hydroxyl groups is 3. The number of esters is 1. The number of allylic oxidation sites excluding steroid dienone is 2. The predicted molar refractivity (Wildman–Crippen MR) is 207 cm³/mol. The van der Waals surface area contributed by atoms with Gasteiger partial charge in [-0.05, 0) is 69.6 Å². The molecule has 4 heterocycles. The van der Waals surface area contributed by atoms with Gasteiger partial charge in [0.25, 0.3) is 0 Å². The Kier molecular flexibility index (Phi) is 13.9. The van der Waals surface area contributed by atoms with E-state index in [1.165, 1.54) is 6.42 Å². The number of carbonyl (C=O) groups excluding carboxylic acids is 1. The van der Waals surface area contributed by atoms with Crippen LogP contribution in [0.5, 0.6) is 0 Å². The molecule has 0 unspecified atom stereocenters. The Hall–Kier alpha value is -1.93. The van der Waals surface area contributed by atoms with Crippen LogP contribution in [-0.2, 0) is 38.0 Å². The van der Waals surface area contributed by atoms with E-state index in [-0.39, 0.29) is 43.0 Å². The van der Waals surface area contributed by atoms with E-state index in [9.17, 15) is 20.1 Å². The molecule has 1 spiro atoms. The van der Waals surface area contributed by atoms with Crippen molar-refractivity contribution in [2.24, 2.45) is 23.7 Å². The maximum atomic E-state index is 14.3. The summed E-state index contributed by atoms with van der Waals surface area (Å²) in [5.41, 5.74) is 0.905. The summed E-state index contributed by atoms with van der Waals surface area (Å²) in [4.78, 5) is 14.3. The maximum Gasteiger partial charge on any atom is 0.316 e. The molecule has 11 heteroatoms. The van der Waals surface area contributed by atoms with Crippen molar-refractivity contribution < 1.29 is 53.3 Å². The van der Waals surface area contributed by atoms with Crippen LogP contribution in [0.25, 0.3) is 0 Å². The summed E-state index contributed by atoms with van der Waals surface area (Å²) in [6.45, 7) is 11.8. The van der Waals surface area contributed by atoms with E-state index in [1.807, 2.05) is 45.9 Å². The molecule has 0 radical (unpaired) electrons. The lowest BCUT2D eigenvalue weighted by molar-refractivity contribution is -0.355. The van der Waals surface area contributed by atoms with Gasteiger partial charge in [-0.2, -0.15) is 0 Å². The largest absolute Gasteiger partial charge is 0.462 e. The number of carbonyl (C=O) groups is 1. The highest BCUT2D eigenvalue weighted by Gasteiger charge is 2.54. The second kappa shape index (κ2) is 17.9. The zero-order valence-electron chi connectivity index (χ0n) is 34.4. The Labute approximate surface area is 328 Å². The smallest absolute Gasteiger partial charge is 0.316 e. The molecule has 55 heavy (non-hydrogen) atoms. The van der Waals surface area contributed by atoms with Crippen LogP contribution in [0.1, 0.15) is 112 Å². The van der Waals surface area contributed by atoms with Crippen LogP contribution in [0, 0.1) is 23.7 Å². The third-order valence-corrected chi connectivity index (χ3v) is 13.7. The zero-order valence-corrected chi connectivity index (χ0v) is 34.4. The highest BCUT2D eigenvalue weighted by Crippen LogP contribution is 2.47. The molecule has 310 valence electrons. The van der Waals surface area contributed by atoms with Crippen molar-refractivity contribution in [1.29, 1.82) is 0 Å². The number of methoxy groups -OCH3 is 2. The quantitative estimate of drug-likeness (QED) is 0.216. The van der Waals surface area contributed by atoms with E-state index >= 15 is 0 Å². The number of fused-ring (bicyclic) bond motifs is 3. The van der Waals surface area contributed by atoms with Gasteiger partial charge in [0.2, 0.25) is 0 Å². The van der Waals surface area contributed by atoms with Crippen molar-refractivity contribution >= 4 is 5.97 Å². The Balaban J connectivity index is 1.37. The Morgan fingerprint density at radius 3 is 2.35 bits per heavy atom. The van der Waals surface area contributed by atoms with Crippen molar-refractivity contribution in [2.75, 3.05) is 14.2 Å². The van der Waals surface area contributed by atoms with Crippen LogP contribution in [0.15, 0.2) is 47.1 Å². The van der Waals surface area contributed by atoms with Gasteiger partial charge in [-0.3, -0.25) is 4.79 Å². The first-order valence-electron chi connectivity index (χ1n) is 20.9. The molecule has 4 aliphatic heterocycles. The summed E-state index contributed by atoms with van der Waals surface area (Å²) in [7, 11) is 3.20. The second-order valence-electron chi connectivity index (χ2n) is 17.6. The van der Waals surface area contributed by atoms with E-state index in [0.29, 0.717) is 37.2 Å². The fourth-order valence-corrected chi connectivity index (χ4v) is 10.1. The van der Waals surface area contributed by atoms with Gasteiger partial charge in [-0.25, -0.2) is 0 Å². The van der Waals surface area contributed by atoms with E-state index in [4.69, 9.17) is 33.2 Å². The SMILES string of the molecule is CO[C@H]1C[C@@]2(O)C(C)=CC=C[C@H](C)[C@H](O[C@H]3C[C@H](OC)[C@@H](O)[C@H](C)O3)C(C)=CC[C@@H]3C[C@@H](C[C@]4(C[C@H](O)[C@H](C)[C@@H](C5CCCCC5)O4)O3)OC(=O)[C@H]2C=C1C. The highest BCUT2D eigenvalue weighted by atomic mass is 16.7. The van der Waals surface area contributed by atoms with Gasteiger partial charge in [0.05, 0.1) is 42.7 Å². The minimum absolute atomic E-state index is 0.0452. The van der Waals surface area contributed by atoms with E-state index in [1.54, 1.807) is 20.3 Å². The molecule has 0 amide bonds. The van der Waals surface area contributed by atoms with Gasteiger partial charge in [0.1, 0.15) is 23.7 Å². The number of rotatable bonds is 5. The summed E-state index contributed by atoms with van der Waals surface area (Å²) >= 11 is 0. The molecule has 6 rings (SSSR count). The van der Waals surface area contributed by atoms with Crippen molar-refractivity contribution in [3.8, 4) is 0 Å². The minimum Gasteiger partial charge on any atom is -0.462 e. The first-order valence-corrected chi connectivity index (χ1v) is 20.9. The Morgan fingerprint density at radius 2 is 1.64 bits per heavy atom. The maximum absolute atomic E-state index is 14.3. The number of ether oxygens (including phenoxy) is 7. The lowest BCUT2D eigenvalue weighted by atomic mass is 9.71. The van der Waals surface area contributed by atoms with E-state index in [2.05, 4.69) is 19.9 Å². The van der Waals surface area contributed by atoms with Crippen LogP contribution < -0.4 is 0 Å². The molecular formula is C44H68O11. The monoisotopic (exact) mass is 772 g/mol. The molecule has 4 fully saturated rings. The second-order valence-corrected chi connectivity index (χ2v) is 17.6. The van der Waals surface area contributed by atoms with Gasteiger partial charge >= 0.3 is 5.97 Å². The first-order chi connectivity index (χ1) is 26.2. The van der Waals surface area contributed by atoms with Crippen LogP contribution in [-0.4, -0.2) is 108 Å².